The Morgan fingerprint density at radius 3 is 2.38 bits per heavy atom. The lowest BCUT2D eigenvalue weighted by atomic mass is 9.44. The van der Waals surface area contributed by atoms with E-state index in [2.05, 4.69) is 26.1 Å². The van der Waals surface area contributed by atoms with Crippen molar-refractivity contribution in [3.05, 3.63) is 35.9 Å². The largest absolute Gasteiger partial charge is 0.748 e. The monoisotopic (exact) mass is 572 g/mol. The molecular formula is C33H50NO5S-. The zero-order valence-electron chi connectivity index (χ0n) is 24.8. The molecule has 1 aromatic carbocycles. The second-order valence-corrected chi connectivity index (χ2v) is 16.2. The highest BCUT2D eigenvalue weighted by atomic mass is 32.2. The third kappa shape index (κ3) is 5.51. The minimum atomic E-state index is -4.56. The zero-order valence-corrected chi connectivity index (χ0v) is 25.7. The van der Waals surface area contributed by atoms with Gasteiger partial charge in [0, 0.05) is 6.42 Å². The molecule has 1 aromatic rings. The molecule has 0 heterocycles. The predicted molar refractivity (Wildman–Crippen MR) is 156 cm³/mol. The van der Waals surface area contributed by atoms with Crippen molar-refractivity contribution in [3.8, 4) is 0 Å². The number of carbonyl (C=O) groups excluding carboxylic acids is 1. The van der Waals surface area contributed by atoms with E-state index in [0.29, 0.717) is 40.6 Å². The van der Waals surface area contributed by atoms with E-state index in [9.17, 15) is 22.9 Å². The first-order valence-corrected chi connectivity index (χ1v) is 17.3. The molecule has 0 aromatic heterocycles. The van der Waals surface area contributed by atoms with Gasteiger partial charge in [-0.15, -0.1) is 0 Å². The van der Waals surface area contributed by atoms with Gasteiger partial charge in [0.25, 0.3) is 0 Å². The molecule has 0 bridgehead atoms. The van der Waals surface area contributed by atoms with Crippen LogP contribution in [0, 0.1) is 46.3 Å². The van der Waals surface area contributed by atoms with Crippen LogP contribution in [0.5, 0.6) is 0 Å². The van der Waals surface area contributed by atoms with Crippen molar-refractivity contribution < 1.29 is 22.9 Å². The molecule has 7 heteroatoms. The molecule has 11 atom stereocenters. The molecule has 5 rings (SSSR count). The Labute approximate surface area is 241 Å². The van der Waals surface area contributed by atoms with E-state index in [-0.39, 0.29) is 12.0 Å². The van der Waals surface area contributed by atoms with Gasteiger partial charge in [0.15, 0.2) is 0 Å². The Balaban J connectivity index is 1.22. The van der Waals surface area contributed by atoms with Gasteiger partial charge >= 0.3 is 0 Å². The normalized spacial score (nSPS) is 39.8. The molecule has 6 nitrogen and oxygen atoms in total. The summed E-state index contributed by atoms with van der Waals surface area (Å²) in [6, 6.07) is 8.07. The quantitative estimate of drug-likeness (QED) is 0.360. The summed E-state index contributed by atoms with van der Waals surface area (Å²) >= 11 is 0. The molecule has 224 valence electrons. The molecule has 0 aliphatic heterocycles. The maximum absolute atomic E-state index is 13.1. The summed E-state index contributed by atoms with van der Waals surface area (Å²) in [6.45, 7) is 8.76. The highest BCUT2D eigenvalue weighted by Crippen LogP contribution is 2.68. The second kappa shape index (κ2) is 11.3. The smallest absolute Gasteiger partial charge is 0.220 e. The summed E-state index contributed by atoms with van der Waals surface area (Å²) in [5.74, 6) is 3.81. The molecule has 4 aliphatic rings. The summed E-state index contributed by atoms with van der Waals surface area (Å²) < 4.78 is 35.5. The lowest BCUT2D eigenvalue weighted by Gasteiger charge is -2.61. The molecular weight excluding hydrogens is 522 g/mol. The van der Waals surface area contributed by atoms with Gasteiger partial charge in [-0.2, -0.15) is 0 Å². The van der Waals surface area contributed by atoms with Gasteiger partial charge in [0.1, 0.15) is 0 Å². The van der Waals surface area contributed by atoms with Gasteiger partial charge < -0.3 is 15.0 Å². The van der Waals surface area contributed by atoms with Crippen LogP contribution in [-0.2, 0) is 14.9 Å². The first-order valence-electron chi connectivity index (χ1n) is 15.8. The number of aliphatic hydroxyl groups is 1. The fraction of sp³-hybridized carbons (Fsp3) is 0.788. The molecule has 40 heavy (non-hydrogen) atoms. The molecule has 0 saturated heterocycles. The van der Waals surface area contributed by atoms with E-state index in [1.165, 1.54) is 51.9 Å². The third-order valence-electron chi connectivity index (χ3n) is 12.6. The highest BCUT2D eigenvalue weighted by Gasteiger charge is 2.60. The minimum Gasteiger partial charge on any atom is -0.748 e. The average molecular weight is 573 g/mol. The van der Waals surface area contributed by atoms with E-state index in [1.807, 2.05) is 6.07 Å². The maximum Gasteiger partial charge on any atom is 0.220 e. The Morgan fingerprint density at radius 2 is 1.68 bits per heavy atom. The van der Waals surface area contributed by atoms with Crippen molar-refractivity contribution in [3.63, 3.8) is 0 Å². The van der Waals surface area contributed by atoms with Gasteiger partial charge in [0.05, 0.1) is 27.5 Å². The number of hydrogen-bond acceptors (Lipinski definition) is 5. The van der Waals surface area contributed by atoms with Crippen LogP contribution >= 0.6 is 0 Å². The van der Waals surface area contributed by atoms with E-state index in [4.69, 9.17) is 0 Å². The van der Waals surface area contributed by atoms with Crippen molar-refractivity contribution in [1.29, 1.82) is 0 Å². The molecule has 0 radical (unpaired) electrons. The fourth-order valence-electron chi connectivity index (χ4n) is 10.3. The number of fused-ring (bicyclic) bond motifs is 5. The summed E-state index contributed by atoms with van der Waals surface area (Å²) in [7, 11) is -4.56. The van der Waals surface area contributed by atoms with E-state index in [0.717, 1.165) is 37.0 Å². The topological polar surface area (TPSA) is 107 Å². The van der Waals surface area contributed by atoms with Crippen LogP contribution in [0.1, 0.15) is 110 Å². The zero-order chi connectivity index (χ0) is 28.9. The standard InChI is InChI=1S/C33H51NO5S/c1-21(10-15-30(36)34-31(22(2)40(37,38)39)23-8-6-5-7-9-23)27-13-14-28-26-12-11-24-20-25(35)16-18-32(24,3)29(26)17-19-33(27,28)4/h5-9,21-22,24-29,31,35H,10-20H2,1-4H3,(H,34,36)(H,37,38,39)/p-1/t21-,22+,24-,25-,26+,27-,28+,29+,31+,32+,33-/m1/s1. The van der Waals surface area contributed by atoms with Crippen LogP contribution in [0.15, 0.2) is 30.3 Å². The number of carbonyl (C=O) groups is 1. The van der Waals surface area contributed by atoms with Gasteiger partial charge in [-0.1, -0.05) is 51.1 Å². The van der Waals surface area contributed by atoms with Crippen LogP contribution in [-0.4, -0.2) is 35.3 Å². The Hall–Kier alpha value is -1.44. The van der Waals surface area contributed by atoms with Crippen molar-refractivity contribution in [2.75, 3.05) is 0 Å². The van der Waals surface area contributed by atoms with Crippen molar-refractivity contribution >= 4 is 16.0 Å². The first-order chi connectivity index (χ1) is 18.8. The molecule has 1 amide bonds. The summed E-state index contributed by atoms with van der Waals surface area (Å²) in [5, 5.41) is 12.0. The predicted octanol–water partition coefficient (Wildman–Crippen LogP) is 6.21. The number of nitrogens with one attached hydrogen (secondary N) is 1. The highest BCUT2D eigenvalue weighted by molar-refractivity contribution is 7.86. The molecule has 0 unspecified atom stereocenters. The van der Waals surface area contributed by atoms with Gasteiger partial charge in [-0.05, 0) is 123 Å². The number of hydrogen-bond donors (Lipinski definition) is 2. The van der Waals surface area contributed by atoms with Crippen LogP contribution in [0.25, 0.3) is 0 Å². The summed E-state index contributed by atoms with van der Waals surface area (Å²) in [4.78, 5) is 13.1. The van der Waals surface area contributed by atoms with Crippen LogP contribution in [0.4, 0.5) is 0 Å². The molecule has 0 spiro atoms. The number of aliphatic hydroxyl groups excluding tert-OH is 1. The molecule has 4 aliphatic carbocycles. The number of rotatable bonds is 8. The maximum atomic E-state index is 13.1. The minimum absolute atomic E-state index is 0.103. The van der Waals surface area contributed by atoms with Crippen molar-refractivity contribution in [2.45, 2.75) is 116 Å². The van der Waals surface area contributed by atoms with E-state index in [1.54, 1.807) is 24.3 Å². The lowest BCUT2D eigenvalue weighted by molar-refractivity contribution is -0.130. The SMILES string of the molecule is C[C@H](CCC(=O)N[C@H](c1ccccc1)[C@H](C)S(=O)(=O)[O-])[C@H]1CC[C@H]2[C@@H]3CC[C@@H]4C[C@H](O)CC[C@]4(C)[C@H]3CC[C@]12C. The Kier molecular flexibility index (Phi) is 8.51. The third-order valence-corrected chi connectivity index (χ3v) is 13.8. The summed E-state index contributed by atoms with van der Waals surface area (Å²) in [6.07, 6.45) is 11.8. The van der Waals surface area contributed by atoms with Gasteiger partial charge in [-0.25, -0.2) is 8.42 Å². The van der Waals surface area contributed by atoms with E-state index >= 15 is 0 Å². The van der Waals surface area contributed by atoms with Crippen LogP contribution in [0.2, 0.25) is 0 Å². The fourth-order valence-corrected chi connectivity index (χ4v) is 10.9. The summed E-state index contributed by atoms with van der Waals surface area (Å²) in [5.41, 5.74) is 1.33. The Bertz CT molecular complexity index is 1160. The number of amides is 1. The van der Waals surface area contributed by atoms with Gasteiger partial charge in [-0.3, -0.25) is 4.79 Å². The van der Waals surface area contributed by atoms with Crippen molar-refractivity contribution in [1.82, 2.24) is 5.32 Å². The van der Waals surface area contributed by atoms with Crippen LogP contribution in [0.3, 0.4) is 0 Å². The average Bonchev–Trinajstić information content (AvgIpc) is 3.27. The lowest BCUT2D eigenvalue weighted by Crippen LogP contribution is -2.54. The van der Waals surface area contributed by atoms with Crippen LogP contribution < -0.4 is 5.32 Å². The van der Waals surface area contributed by atoms with E-state index < -0.39 is 21.4 Å². The Morgan fingerprint density at radius 1 is 1.00 bits per heavy atom. The first kappa shape index (κ1) is 30.0. The molecule has 4 fully saturated rings. The van der Waals surface area contributed by atoms with Gasteiger partial charge in [0.2, 0.25) is 5.91 Å². The molecule has 4 saturated carbocycles. The van der Waals surface area contributed by atoms with Crippen molar-refractivity contribution in [2.24, 2.45) is 46.3 Å². The second-order valence-electron chi connectivity index (χ2n) is 14.5. The number of benzene rings is 1. The molecule has 2 N–H and O–H groups in total.